The van der Waals surface area contributed by atoms with Gasteiger partial charge in [0, 0.05) is 26.2 Å². The maximum Gasteiger partial charge on any atom is 0.415 e. The first-order chi connectivity index (χ1) is 16.3. The van der Waals surface area contributed by atoms with E-state index in [1.165, 1.54) is 43.4 Å². The molecule has 8 nitrogen and oxygen atoms in total. The molecule has 2 aliphatic heterocycles. The molecule has 1 amide bonds. The summed E-state index contributed by atoms with van der Waals surface area (Å²) in [6, 6.07) is 3.66. The number of phenolic OH excluding ortho intramolecular Hbond substituents is 1. The number of phenols is 1. The highest BCUT2D eigenvalue weighted by molar-refractivity contribution is 5.93. The van der Waals surface area contributed by atoms with Crippen LogP contribution in [-0.2, 0) is 24.5 Å². The number of rotatable bonds is 4. The molecule has 2 N–H and O–H groups in total. The van der Waals surface area contributed by atoms with Crippen molar-refractivity contribution in [3.05, 3.63) is 48.6 Å². The van der Waals surface area contributed by atoms with Crippen LogP contribution in [0, 0.1) is 29.6 Å². The molecule has 1 aromatic carbocycles. The lowest BCUT2D eigenvalue weighted by atomic mass is 9.55. The summed E-state index contributed by atoms with van der Waals surface area (Å²) >= 11 is 0. The zero-order chi connectivity index (χ0) is 24.4. The number of aliphatic hydroxyl groups is 1. The molecule has 8 heteroatoms. The van der Waals surface area contributed by atoms with Crippen LogP contribution in [0.4, 0.5) is 10.5 Å². The van der Waals surface area contributed by atoms with Crippen LogP contribution in [0.1, 0.15) is 18.9 Å². The van der Waals surface area contributed by atoms with Gasteiger partial charge in [0.25, 0.3) is 0 Å². The lowest BCUT2D eigenvalue weighted by molar-refractivity contribution is -0.316. The third-order valence-corrected chi connectivity index (χ3v) is 7.39. The molecule has 0 unspecified atom stereocenters. The number of nitrogens with zero attached hydrogens (tertiary/aromatic N) is 1. The molecule has 0 aromatic heterocycles. The van der Waals surface area contributed by atoms with Crippen LogP contribution in [0.2, 0.25) is 0 Å². The summed E-state index contributed by atoms with van der Waals surface area (Å²) in [4.78, 5) is 14.7. The summed E-state index contributed by atoms with van der Waals surface area (Å²) < 4.78 is 23.6. The Morgan fingerprint density at radius 3 is 2.76 bits per heavy atom. The van der Waals surface area contributed by atoms with E-state index in [4.69, 9.17) is 18.9 Å². The number of benzene rings is 1. The highest BCUT2D eigenvalue weighted by Crippen LogP contribution is 2.77. The average molecular weight is 463 g/mol. The van der Waals surface area contributed by atoms with Gasteiger partial charge in [-0.2, -0.15) is 0 Å². The van der Waals surface area contributed by atoms with Crippen LogP contribution in [0.5, 0.6) is 5.75 Å². The Balaban J connectivity index is 1.88. The summed E-state index contributed by atoms with van der Waals surface area (Å²) in [7, 11) is 2.89. The Kier molecular flexibility index (Phi) is 4.88. The first-order valence-electron chi connectivity index (χ1n) is 10.9. The number of epoxide rings is 1. The summed E-state index contributed by atoms with van der Waals surface area (Å²) in [5.74, 6) is 9.93. The minimum absolute atomic E-state index is 0.00320. The fraction of sp³-hybridized carbons (Fsp3) is 0.423. The number of fused-ring (bicyclic) bond motifs is 1. The number of anilines is 1. The molecule has 5 atom stereocenters. The van der Waals surface area contributed by atoms with Crippen molar-refractivity contribution in [2.24, 2.45) is 5.92 Å². The van der Waals surface area contributed by atoms with Gasteiger partial charge in [0.05, 0.1) is 5.69 Å². The second-order valence-corrected chi connectivity index (χ2v) is 8.78. The van der Waals surface area contributed by atoms with Gasteiger partial charge in [-0.25, -0.2) is 4.79 Å². The van der Waals surface area contributed by atoms with Crippen molar-refractivity contribution in [1.29, 1.82) is 0 Å². The van der Waals surface area contributed by atoms with Crippen molar-refractivity contribution < 1.29 is 34.0 Å². The second-order valence-electron chi connectivity index (χ2n) is 8.78. The number of allylic oxidation sites excluding steroid dienone is 2. The van der Waals surface area contributed by atoms with Crippen LogP contribution < -0.4 is 4.90 Å². The van der Waals surface area contributed by atoms with E-state index in [0.717, 1.165) is 0 Å². The van der Waals surface area contributed by atoms with E-state index in [-0.39, 0.29) is 24.7 Å². The Labute approximate surface area is 197 Å². The molecule has 4 bridgehead atoms. The molecule has 5 rings (SSSR count). The third-order valence-electron chi connectivity index (χ3n) is 7.39. The van der Waals surface area contributed by atoms with Crippen molar-refractivity contribution in [2.75, 3.05) is 25.7 Å². The van der Waals surface area contributed by atoms with Gasteiger partial charge in [0.2, 0.25) is 11.4 Å². The van der Waals surface area contributed by atoms with E-state index in [1.807, 2.05) is 6.92 Å². The highest BCUT2D eigenvalue weighted by Gasteiger charge is 2.93. The van der Waals surface area contributed by atoms with Gasteiger partial charge >= 0.3 is 6.09 Å². The fourth-order valence-electron chi connectivity index (χ4n) is 5.99. The molecule has 2 fully saturated rings. The maximum absolute atomic E-state index is 13.3. The minimum atomic E-state index is -2.02. The molecule has 2 heterocycles. The van der Waals surface area contributed by atoms with Crippen LogP contribution in [-0.4, -0.2) is 60.2 Å². The zero-order valence-electron chi connectivity index (χ0n) is 19.1. The van der Waals surface area contributed by atoms with Crippen molar-refractivity contribution in [3.63, 3.8) is 0 Å². The van der Waals surface area contributed by atoms with Gasteiger partial charge in [-0.1, -0.05) is 43.3 Å². The largest absolute Gasteiger partial charge is 0.508 e. The molecule has 1 aromatic rings. The normalized spacial score (nSPS) is 36.3. The smallest absolute Gasteiger partial charge is 0.415 e. The summed E-state index contributed by atoms with van der Waals surface area (Å²) in [5.41, 5.74) is -3.96. The van der Waals surface area contributed by atoms with E-state index in [9.17, 15) is 15.0 Å². The molecular formula is C26H25NO7. The standard InChI is InChI=1S/C26H25NO7/c1-5-14-33-22(29)27-20-12-11-18(28)15-19(20)26-23(30)13-9-7-6-8-10-21(27)25(26,34-26)17(2)16-24(23,31-3)32-4/h5-7,11-12,15,17,21,28,30H,1,14,16H2,2-4H3/b7-6-/t17-,21-,23-,25-,26-/m0/s1. The van der Waals surface area contributed by atoms with Gasteiger partial charge in [-0.3, -0.25) is 4.90 Å². The third kappa shape index (κ3) is 2.41. The lowest BCUT2D eigenvalue weighted by Gasteiger charge is -2.55. The quantitative estimate of drug-likeness (QED) is 0.306. The monoisotopic (exact) mass is 463 g/mol. The number of amides is 1. The number of hydrogen-bond acceptors (Lipinski definition) is 7. The predicted octanol–water partition coefficient (Wildman–Crippen LogP) is 2.20. The molecule has 34 heavy (non-hydrogen) atoms. The van der Waals surface area contributed by atoms with Crippen LogP contribution >= 0.6 is 0 Å². The molecule has 176 valence electrons. The number of hydrogen-bond donors (Lipinski definition) is 2. The van der Waals surface area contributed by atoms with Crippen LogP contribution in [0.25, 0.3) is 0 Å². The molecular weight excluding hydrogens is 438 g/mol. The molecule has 1 saturated carbocycles. The van der Waals surface area contributed by atoms with E-state index in [1.54, 1.807) is 12.1 Å². The SMILES string of the molecule is C=CCOC(=O)N1c2ccc(O)cc2[C@@]23O[C@@]24[C@@H]1C#C/C=C\C#C[C@]3(O)C(OC)(OC)C[C@@H]4C. The predicted molar refractivity (Wildman–Crippen MR) is 122 cm³/mol. The van der Waals surface area contributed by atoms with E-state index in [2.05, 4.69) is 30.3 Å². The number of carbonyl (C=O) groups is 1. The van der Waals surface area contributed by atoms with Gasteiger partial charge in [-0.15, -0.1) is 0 Å². The molecule has 0 spiro atoms. The number of aromatic hydroxyl groups is 1. The van der Waals surface area contributed by atoms with Crippen molar-refractivity contribution in [1.82, 2.24) is 0 Å². The van der Waals surface area contributed by atoms with E-state index in [0.29, 0.717) is 11.3 Å². The van der Waals surface area contributed by atoms with E-state index >= 15 is 0 Å². The topological polar surface area (TPSA) is 101 Å². The lowest BCUT2D eigenvalue weighted by Crippen LogP contribution is -2.73. The first-order valence-corrected chi connectivity index (χ1v) is 10.9. The Morgan fingerprint density at radius 1 is 1.32 bits per heavy atom. The summed E-state index contributed by atoms with van der Waals surface area (Å²) in [6.07, 6.45) is 4.08. The van der Waals surface area contributed by atoms with Crippen LogP contribution in [0.15, 0.2) is 43.0 Å². The number of ether oxygens (including phenoxy) is 4. The fourth-order valence-corrected chi connectivity index (χ4v) is 5.99. The summed E-state index contributed by atoms with van der Waals surface area (Å²) in [5, 5.41) is 22.8. The Hall–Kier alpha value is -3.27. The van der Waals surface area contributed by atoms with Crippen molar-refractivity contribution >= 4 is 11.8 Å². The minimum Gasteiger partial charge on any atom is -0.508 e. The maximum atomic E-state index is 13.3. The molecule has 4 aliphatic rings. The molecule has 0 radical (unpaired) electrons. The number of methoxy groups -OCH3 is 2. The van der Waals surface area contributed by atoms with Gasteiger partial charge in [0.1, 0.15) is 24.0 Å². The van der Waals surface area contributed by atoms with Crippen LogP contribution in [0.3, 0.4) is 0 Å². The first kappa shape index (κ1) is 22.5. The van der Waals surface area contributed by atoms with Gasteiger partial charge in [0.15, 0.2) is 5.60 Å². The van der Waals surface area contributed by atoms with Crippen molar-refractivity contribution in [3.8, 4) is 29.4 Å². The molecule has 2 aliphatic carbocycles. The number of carbonyl (C=O) groups excluding carboxylic acids is 1. The Bertz CT molecular complexity index is 1230. The second kappa shape index (κ2) is 7.36. The Morgan fingerprint density at radius 2 is 2.06 bits per heavy atom. The summed E-state index contributed by atoms with van der Waals surface area (Å²) in [6.45, 7) is 5.54. The van der Waals surface area contributed by atoms with Gasteiger partial charge < -0.3 is 29.2 Å². The highest BCUT2D eigenvalue weighted by atomic mass is 16.7. The van der Waals surface area contributed by atoms with Gasteiger partial charge in [-0.05, 0) is 36.3 Å². The van der Waals surface area contributed by atoms with E-state index < -0.39 is 34.7 Å². The van der Waals surface area contributed by atoms with Crippen molar-refractivity contribution in [2.45, 2.75) is 42.0 Å². The molecule has 1 saturated heterocycles. The average Bonchev–Trinajstić information content (AvgIpc) is 3.56. The zero-order valence-corrected chi connectivity index (χ0v) is 19.1.